The highest BCUT2D eigenvalue weighted by Crippen LogP contribution is 2.20. The van der Waals surface area contributed by atoms with Crippen molar-refractivity contribution in [2.24, 2.45) is 11.5 Å². The van der Waals surface area contributed by atoms with E-state index in [1.165, 1.54) is 29.6 Å². The van der Waals surface area contributed by atoms with Crippen molar-refractivity contribution >= 4 is 29.6 Å². The molecule has 0 spiro atoms. The van der Waals surface area contributed by atoms with Crippen LogP contribution in [0, 0.1) is 0 Å². The molecule has 0 aliphatic carbocycles. The highest BCUT2D eigenvalue weighted by Gasteiger charge is 2.38. The van der Waals surface area contributed by atoms with Crippen LogP contribution in [0.25, 0.3) is 0 Å². The molecule has 14 nitrogen and oxygen atoms in total. The normalized spacial score (nSPS) is 17.2. The number of aromatic nitrogens is 2. The predicted octanol–water partition coefficient (Wildman–Crippen LogP) is -1.46. The van der Waals surface area contributed by atoms with Crippen molar-refractivity contribution in [2.45, 2.75) is 62.7 Å². The molecule has 1 fully saturated rings. The van der Waals surface area contributed by atoms with Crippen molar-refractivity contribution in [1.29, 1.82) is 0 Å². The number of imidazole rings is 1. The Morgan fingerprint density at radius 1 is 1.08 bits per heavy atom. The number of nitrogens with one attached hydrogen (secondary N) is 3. The summed E-state index contributed by atoms with van der Waals surface area (Å²) in [6.45, 7) is 0.189. The monoisotopic (exact) mass is 543 g/mol. The fraction of sp³-hybridized carbons (Fsp3) is 0.440. The molecule has 4 atom stereocenters. The first-order chi connectivity index (χ1) is 18.5. The number of likely N-dealkylation sites (tertiary alicyclic amines) is 1. The smallest absolute Gasteiger partial charge is 0.326 e. The molecule has 1 aromatic carbocycles. The van der Waals surface area contributed by atoms with Crippen LogP contribution in [0.15, 0.2) is 36.8 Å². The van der Waals surface area contributed by atoms with Crippen LogP contribution in [0.4, 0.5) is 0 Å². The summed E-state index contributed by atoms with van der Waals surface area (Å²) in [6, 6.07) is 1.50. The SMILES string of the molecule is NC(=O)CCC(NC(=O)C(Cc1ccc(O)cc1)NC(=O)C(N)Cc1cnc[nH]1)C(=O)N1CCCC1C(=O)O. The van der Waals surface area contributed by atoms with E-state index in [1.54, 1.807) is 12.1 Å². The van der Waals surface area contributed by atoms with E-state index >= 15 is 0 Å². The number of H-pyrrole nitrogens is 1. The van der Waals surface area contributed by atoms with E-state index in [4.69, 9.17) is 11.5 Å². The number of phenols is 1. The molecule has 3 rings (SSSR count). The van der Waals surface area contributed by atoms with Gasteiger partial charge in [-0.05, 0) is 37.0 Å². The van der Waals surface area contributed by atoms with Crippen LogP contribution in [0.1, 0.15) is 36.9 Å². The second kappa shape index (κ2) is 13.4. The number of aromatic hydroxyl groups is 1. The topological polar surface area (TPSA) is 234 Å². The van der Waals surface area contributed by atoms with Gasteiger partial charge in [-0.1, -0.05) is 12.1 Å². The first-order valence-electron chi connectivity index (χ1n) is 12.5. The van der Waals surface area contributed by atoms with Gasteiger partial charge in [-0.2, -0.15) is 0 Å². The van der Waals surface area contributed by atoms with Crippen LogP contribution in [0.5, 0.6) is 5.75 Å². The number of nitrogens with two attached hydrogens (primary N) is 2. The molecular formula is C25H33N7O7. The fourth-order valence-electron chi connectivity index (χ4n) is 4.39. The lowest BCUT2D eigenvalue weighted by molar-refractivity contribution is -0.149. The zero-order valence-electron chi connectivity index (χ0n) is 21.2. The van der Waals surface area contributed by atoms with Gasteiger partial charge in [0.15, 0.2) is 0 Å². The van der Waals surface area contributed by atoms with Gasteiger partial charge in [-0.3, -0.25) is 19.2 Å². The standard InChI is InChI=1S/C25H33N7O7/c26-17(11-15-12-28-13-29-15)22(35)31-19(10-14-3-5-16(33)6-4-14)23(36)30-18(7-8-21(27)34)24(37)32-9-1-2-20(32)25(38)39/h3-6,12-13,17-20,33H,1-2,7-11,26H2,(H2,27,34)(H,28,29)(H,30,36)(H,31,35)(H,38,39). The summed E-state index contributed by atoms with van der Waals surface area (Å²) in [6.07, 6.45) is 3.45. The molecule has 0 saturated carbocycles. The molecule has 4 amide bonds. The van der Waals surface area contributed by atoms with Crippen LogP contribution < -0.4 is 22.1 Å². The number of rotatable bonds is 13. The highest BCUT2D eigenvalue weighted by molar-refractivity contribution is 5.94. The Bertz CT molecular complexity index is 1170. The Kier molecular flexibility index (Phi) is 9.98. The van der Waals surface area contributed by atoms with Crippen LogP contribution in [-0.4, -0.2) is 85.4 Å². The van der Waals surface area contributed by atoms with Crippen LogP contribution in [0.3, 0.4) is 0 Å². The number of carbonyl (C=O) groups excluding carboxylic acids is 4. The predicted molar refractivity (Wildman–Crippen MR) is 137 cm³/mol. The summed E-state index contributed by atoms with van der Waals surface area (Å²) in [5.74, 6) is -3.86. The molecule has 2 heterocycles. The minimum atomic E-state index is -1.25. The zero-order chi connectivity index (χ0) is 28.5. The van der Waals surface area contributed by atoms with Crippen molar-refractivity contribution < 1.29 is 34.2 Å². The maximum atomic E-state index is 13.4. The fourth-order valence-corrected chi connectivity index (χ4v) is 4.39. The maximum absolute atomic E-state index is 13.4. The molecule has 1 saturated heterocycles. The Balaban J connectivity index is 1.79. The molecule has 2 aromatic rings. The van der Waals surface area contributed by atoms with Crippen LogP contribution in [-0.2, 0) is 36.8 Å². The van der Waals surface area contributed by atoms with Crippen molar-refractivity contribution in [3.05, 3.63) is 48.0 Å². The van der Waals surface area contributed by atoms with Crippen molar-refractivity contribution in [3.8, 4) is 5.75 Å². The number of carbonyl (C=O) groups is 5. The van der Waals surface area contributed by atoms with E-state index in [9.17, 15) is 34.2 Å². The summed E-state index contributed by atoms with van der Waals surface area (Å²) >= 11 is 0. The lowest BCUT2D eigenvalue weighted by Crippen LogP contribution is -2.58. The molecule has 1 aliphatic heterocycles. The van der Waals surface area contributed by atoms with E-state index in [2.05, 4.69) is 20.6 Å². The third-order valence-electron chi connectivity index (χ3n) is 6.46. The summed E-state index contributed by atoms with van der Waals surface area (Å²) in [5, 5.41) is 24.3. The third kappa shape index (κ3) is 8.26. The van der Waals surface area contributed by atoms with Gasteiger partial charge in [0.1, 0.15) is 23.9 Å². The number of phenolic OH excluding ortho intramolecular Hbond substituents is 1. The Labute approximate surface area is 224 Å². The molecule has 210 valence electrons. The summed E-state index contributed by atoms with van der Waals surface area (Å²) in [5.41, 5.74) is 12.5. The Morgan fingerprint density at radius 3 is 2.38 bits per heavy atom. The van der Waals surface area contributed by atoms with Crippen LogP contribution >= 0.6 is 0 Å². The number of carboxylic acids is 1. The summed E-state index contributed by atoms with van der Waals surface area (Å²) in [7, 11) is 0. The molecule has 9 N–H and O–H groups in total. The molecule has 14 heteroatoms. The van der Waals surface area contributed by atoms with Crippen molar-refractivity contribution in [3.63, 3.8) is 0 Å². The van der Waals surface area contributed by atoms with Gasteiger partial charge in [0.2, 0.25) is 23.6 Å². The number of benzene rings is 1. The van der Waals surface area contributed by atoms with E-state index in [1.807, 2.05) is 0 Å². The number of aliphatic carboxylic acids is 1. The molecule has 4 unspecified atom stereocenters. The lowest BCUT2D eigenvalue weighted by atomic mass is 10.0. The van der Waals surface area contributed by atoms with Crippen molar-refractivity contribution in [2.75, 3.05) is 6.54 Å². The number of primary amides is 1. The van der Waals surface area contributed by atoms with Gasteiger partial charge in [0.25, 0.3) is 0 Å². The molecule has 0 radical (unpaired) electrons. The van der Waals surface area contributed by atoms with E-state index in [0.29, 0.717) is 17.7 Å². The van der Waals surface area contributed by atoms with Gasteiger partial charge < -0.3 is 42.2 Å². The number of carboxylic acid groups (broad SMARTS) is 1. The summed E-state index contributed by atoms with van der Waals surface area (Å²) in [4.78, 5) is 70.6. The van der Waals surface area contributed by atoms with Gasteiger partial charge >= 0.3 is 5.97 Å². The Morgan fingerprint density at radius 2 is 1.77 bits per heavy atom. The number of nitrogens with zero attached hydrogens (tertiary/aromatic N) is 2. The average Bonchev–Trinajstić information content (AvgIpc) is 3.59. The first kappa shape index (κ1) is 29.1. The second-order valence-corrected chi connectivity index (χ2v) is 9.41. The Hall–Kier alpha value is -4.46. The molecule has 0 bridgehead atoms. The van der Waals surface area contributed by atoms with E-state index in [0.717, 1.165) is 0 Å². The zero-order valence-corrected chi connectivity index (χ0v) is 21.2. The number of hydrogen-bond acceptors (Lipinski definition) is 8. The number of amides is 4. The van der Waals surface area contributed by atoms with Gasteiger partial charge in [0.05, 0.1) is 12.4 Å². The largest absolute Gasteiger partial charge is 0.508 e. The van der Waals surface area contributed by atoms with Crippen molar-refractivity contribution in [1.82, 2.24) is 25.5 Å². The van der Waals surface area contributed by atoms with Gasteiger partial charge in [0, 0.05) is 37.7 Å². The molecule has 1 aliphatic rings. The first-order valence-corrected chi connectivity index (χ1v) is 12.5. The number of aromatic amines is 1. The van der Waals surface area contributed by atoms with Crippen LogP contribution in [0.2, 0.25) is 0 Å². The average molecular weight is 544 g/mol. The minimum Gasteiger partial charge on any atom is -0.508 e. The molecular weight excluding hydrogens is 510 g/mol. The number of hydrogen-bond donors (Lipinski definition) is 7. The second-order valence-electron chi connectivity index (χ2n) is 9.41. The van der Waals surface area contributed by atoms with E-state index < -0.39 is 53.8 Å². The molecule has 1 aromatic heterocycles. The van der Waals surface area contributed by atoms with Gasteiger partial charge in [-0.15, -0.1) is 0 Å². The maximum Gasteiger partial charge on any atom is 0.326 e. The van der Waals surface area contributed by atoms with E-state index in [-0.39, 0.29) is 44.4 Å². The summed E-state index contributed by atoms with van der Waals surface area (Å²) < 4.78 is 0. The minimum absolute atomic E-state index is 0.00712. The lowest BCUT2D eigenvalue weighted by Gasteiger charge is -2.29. The highest BCUT2D eigenvalue weighted by atomic mass is 16.4. The molecule has 39 heavy (non-hydrogen) atoms. The third-order valence-corrected chi connectivity index (χ3v) is 6.46. The quantitative estimate of drug-likeness (QED) is 0.156. The van der Waals surface area contributed by atoms with Gasteiger partial charge in [-0.25, -0.2) is 9.78 Å².